The molecule has 1 heterocycles. The molecule has 0 amide bonds. The second-order valence-corrected chi connectivity index (χ2v) is 5.45. The van der Waals surface area contributed by atoms with Crippen LogP contribution in [0.5, 0.6) is 0 Å². The Kier molecular flexibility index (Phi) is 4.77. The summed E-state index contributed by atoms with van der Waals surface area (Å²) in [5.74, 6) is -0.826. The fourth-order valence-electron chi connectivity index (χ4n) is 2.45. The quantitative estimate of drug-likeness (QED) is 0.295. The highest BCUT2D eigenvalue weighted by Gasteiger charge is 2.47. The van der Waals surface area contributed by atoms with E-state index in [1.807, 2.05) is 30.3 Å². The van der Waals surface area contributed by atoms with Gasteiger partial charge in [-0.3, -0.25) is 0 Å². The number of benzene rings is 1. The molecule has 5 nitrogen and oxygen atoms in total. The summed E-state index contributed by atoms with van der Waals surface area (Å²) < 4.78 is 12.1. The summed E-state index contributed by atoms with van der Waals surface area (Å²) in [6, 6.07) is 8.64. The third kappa shape index (κ3) is 3.69. The zero-order valence-electron chi connectivity index (χ0n) is 12.3. The maximum atomic E-state index is 12.4. The van der Waals surface area contributed by atoms with Crippen LogP contribution in [0.1, 0.15) is 19.4 Å². The van der Waals surface area contributed by atoms with Crippen molar-refractivity contribution in [1.29, 1.82) is 0 Å². The highest BCUT2D eigenvalue weighted by molar-refractivity contribution is 5.75. The van der Waals surface area contributed by atoms with Crippen molar-refractivity contribution < 1.29 is 19.3 Å². The molecule has 1 aromatic carbocycles. The molecular weight excluding hydrogens is 270 g/mol. The summed E-state index contributed by atoms with van der Waals surface area (Å²) in [7, 11) is 0. The standard InChI is InChI=1S/C16H21NO4/c1-4-13(15-14(11-18)20-16(2,3)21-15)17(19)10-12-8-6-5-7-9-12/h4-10,13-15,18H,1,11H2,2-3H3/b17-10-/t13-,14+,15-/m0/s1. The second kappa shape index (κ2) is 6.39. The maximum Gasteiger partial charge on any atom is 0.210 e. The summed E-state index contributed by atoms with van der Waals surface area (Å²) in [5, 5.41) is 21.8. The van der Waals surface area contributed by atoms with Crippen LogP contribution in [0.3, 0.4) is 0 Å². The van der Waals surface area contributed by atoms with Crippen LogP contribution in [0.15, 0.2) is 43.0 Å². The molecule has 1 aliphatic heterocycles. The van der Waals surface area contributed by atoms with E-state index in [0.717, 1.165) is 10.3 Å². The van der Waals surface area contributed by atoms with Gasteiger partial charge in [-0.25, -0.2) is 4.74 Å². The molecule has 1 fully saturated rings. The van der Waals surface area contributed by atoms with E-state index < -0.39 is 24.0 Å². The van der Waals surface area contributed by atoms with Gasteiger partial charge in [-0.15, -0.1) is 0 Å². The number of ether oxygens (including phenoxy) is 2. The summed E-state index contributed by atoms with van der Waals surface area (Å²) >= 11 is 0. The van der Waals surface area contributed by atoms with Crippen LogP contribution < -0.4 is 0 Å². The van der Waals surface area contributed by atoms with Gasteiger partial charge in [-0.2, -0.15) is 0 Å². The molecule has 1 N–H and O–H groups in total. The molecule has 3 atom stereocenters. The Balaban J connectivity index is 2.23. The van der Waals surface area contributed by atoms with E-state index in [9.17, 15) is 10.3 Å². The molecule has 0 unspecified atom stereocenters. The van der Waals surface area contributed by atoms with Crippen LogP contribution in [-0.2, 0) is 9.47 Å². The Morgan fingerprint density at radius 3 is 2.62 bits per heavy atom. The van der Waals surface area contributed by atoms with Crippen molar-refractivity contribution in [3.8, 4) is 0 Å². The predicted octanol–water partition coefficient (Wildman–Crippen LogP) is 1.68. The van der Waals surface area contributed by atoms with Crippen LogP contribution >= 0.6 is 0 Å². The minimum atomic E-state index is -0.826. The number of rotatable bonds is 5. The van der Waals surface area contributed by atoms with Crippen LogP contribution in [0, 0.1) is 5.21 Å². The van der Waals surface area contributed by atoms with E-state index in [4.69, 9.17) is 9.47 Å². The zero-order chi connectivity index (χ0) is 15.5. The molecule has 0 bridgehead atoms. The Bertz CT molecular complexity index is 512. The summed E-state index contributed by atoms with van der Waals surface area (Å²) in [5.41, 5.74) is 0.790. The van der Waals surface area contributed by atoms with Crippen molar-refractivity contribution in [1.82, 2.24) is 0 Å². The van der Waals surface area contributed by atoms with E-state index in [0.29, 0.717) is 0 Å². The fourth-order valence-corrected chi connectivity index (χ4v) is 2.45. The molecule has 1 aliphatic rings. The van der Waals surface area contributed by atoms with Crippen molar-refractivity contribution in [3.63, 3.8) is 0 Å². The van der Waals surface area contributed by atoms with Gasteiger partial charge in [-0.05, 0) is 32.1 Å². The van der Waals surface area contributed by atoms with Gasteiger partial charge in [0, 0.05) is 5.56 Å². The molecule has 0 saturated carbocycles. The number of hydroxylamine groups is 1. The van der Waals surface area contributed by atoms with E-state index in [-0.39, 0.29) is 6.61 Å². The number of aliphatic hydroxyl groups is 1. The predicted molar refractivity (Wildman–Crippen MR) is 80.1 cm³/mol. The normalized spacial score (nSPS) is 26.5. The molecule has 0 aromatic heterocycles. The summed E-state index contributed by atoms with van der Waals surface area (Å²) in [4.78, 5) is 0. The Morgan fingerprint density at radius 1 is 1.38 bits per heavy atom. The first-order valence-electron chi connectivity index (χ1n) is 6.91. The SMILES string of the molecule is C=C[C@@H]([C@@H]1OC(C)(C)O[C@@H]1CO)/[N+]([O-])=C/c1ccccc1. The molecule has 2 rings (SSSR count). The smallest absolute Gasteiger partial charge is 0.210 e. The lowest BCUT2D eigenvalue weighted by Crippen LogP contribution is -2.42. The van der Waals surface area contributed by atoms with Crippen molar-refractivity contribution >= 4 is 6.21 Å². The van der Waals surface area contributed by atoms with E-state index in [1.165, 1.54) is 12.3 Å². The lowest BCUT2D eigenvalue weighted by molar-refractivity contribution is -0.497. The molecule has 0 radical (unpaired) electrons. The largest absolute Gasteiger partial charge is 0.623 e. The van der Waals surface area contributed by atoms with Crippen LogP contribution in [0.25, 0.3) is 0 Å². The highest BCUT2D eigenvalue weighted by Crippen LogP contribution is 2.30. The molecule has 0 spiro atoms. The molecule has 21 heavy (non-hydrogen) atoms. The van der Waals surface area contributed by atoms with Gasteiger partial charge in [0.2, 0.25) is 6.04 Å². The molecule has 0 aliphatic carbocycles. The van der Waals surface area contributed by atoms with Gasteiger partial charge < -0.3 is 19.8 Å². The monoisotopic (exact) mass is 291 g/mol. The average molecular weight is 291 g/mol. The minimum Gasteiger partial charge on any atom is -0.623 e. The first-order chi connectivity index (χ1) is 9.96. The lowest BCUT2D eigenvalue weighted by Gasteiger charge is -2.22. The first kappa shape index (κ1) is 15.7. The van der Waals surface area contributed by atoms with E-state index >= 15 is 0 Å². The van der Waals surface area contributed by atoms with Crippen molar-refractivity contribution in [2.45, 2.75) is 37.9 Å². The van der Waals surface area contributed by atoms with Gasteiger partial charge in [0.1, 0.15) is 6.10 Å². The minimum absolute atomic E-state index is 0.211. The molecule has 114 valence electrons. The first-order valence-corrected chi connectivity index (χ1v) is 6.91. The van der Waals surface area contributed by atoms with Gasteiger partial charge in [0.05, 0.1) is 6.61 Å². The number of hydrogen-bond donors (Lipinski definition) is 1. The number of nitrogens with zero attached hydrogens (tertiary/aromatic N) is 1. The third-order valence-corrected chi connectivity index (χ3v) is 3.35. The lowest BCUT2D eigenvalue weighted by atomic mass is 10.1. The van der Waals surface area contributed by atoms with Gasteiger partial charge in [-0.1, -0.05) is 24.8 Å². The topological polar surface area (TPSA) is 64.8 Å². The van der Waals surface area contributed by atoms with E-state index in [1.54, 1.807) is 13.8 Å². The van der Waals surface area contributed by atoms with Crippen molar-refractivity contribution in [2.75, 3.05) is 6.61 Å². The summed E-state index contributed by atoms with van der Waals surface area (Å²) in [6.07, 6.45) is 1.88. The molecular formula is C16H21NO4. The zero-order valence-corrected chi connectivity index (χ0v) is 12.3. The Morgan fingerprint density at radius 2 is 2.05 bits per heavy atom. The molecule has 1 saturated heterocycles. The Hall–Kier alpha value is -1.69. The Labute approximate surface area is 124 Å². The molecule has 5 heteroatoms. The van der Waals surface area contributed by atoms with Crippen molar-refractivity contribution in [3.05, 3.63) is 53.8 Å². The third-order valence-electron chi connectivity index (χ3n) is 3.35. The van der Waals surface area contributed by atoms with Crippen molar-refractivity contribution in [2.24, 2.45) is 0 Å². The van der Waals surface area contributed by atoms with Crippen LogP contribution in [0.4, 0.5) is 0 Å². The van der Waals surface area contributed by atoms with E-state index in [2.05, 4.69) is 6.58 Å². The highest BCUT2D eigenvalue weighted by atomic mass is 16.8. The average Bonchev–Trinajstić information content (AvgIpc) is 2.76. The second-order valence-electron chi connectivity index (χ2n) is 5.45. The van der Waals surface area contributed by atoms with Crippen LogP contribution in [-0.4, -0.2) is 46.7 Å². The fraction of sp³-hybridized carbons (Fsp3) is 0.438. The van der Waals surface area contributed by atoms with Gasteiger partial charge in [0.15, 0.2) is 18.1 Å². The van der Waals surface area contributed by atoms with Gasteiger partial charge >= 0.3 is 0 Å². The number of aliphatic hydroxyl groups excluding tert-OH is 1. The summed E-state index contributed by atoms with van der Waals surface area (Å²) in [6.45, 7) is 7.01. The van der Waals surface area contributed by atoms with Crippen LogP contribution in [0.2, 0.25) is 0 Å². The maximum absolute atomic E-state index is 12.4. The van der Waals surface area contributed by atoms with Gasteiger partial charge in [0.25, 0.3) is 0 Å². The molecule has 1 aromatic rings. The number of hydrogen-bond acceptors (Lipinski definition) is 4.